The van der Waals surface area contributed by atoms with Gasteiger partial charge in [-0.15, -0.1) is 0 Å². The summed E-state index contributed by atoms with van der Waals surface area (Å²) in [5.41, 5.74) is 0. The van der Waals surface area contributed by atoms with E-state index in [9.17, 15) is 9.59 Å². The highest BCUT2D eigenvalue weighted by Crippen LogP contribution is 1.79. The van der Waals surface area contributed by atoms with Crippen molar-refractivity contribution < 1.29 is 24.3 Å². The topological polar surface area (TPSA) is 83.8 Å². The molecule has 0 aromatic heterocycles. The molecule has 0 atom stereocenters. The normalized spacial score (nSPS) is 8.33. The molecule has 0 aliphatic heterocycles. The predicted molar refractivity (Wildman–Crippen MR) is 27.0 cm³/mol. The lowest BCUT2D eigenvalue weighted by atomic mass is 10.2. The van der Waals surface area contributed by atoms with Crippen molar-refractivity contribution in [3.8, 4) is 0 Å². The average molecular weight is 132 g/mol. The van der Waals surface area contributed by atoms with Crippen molar-refractivity contribution >= 4 is 19.1 Å². The second-order valence-corrected chi connectivity index (χ2v) is 1.29. The maximum absolute atomic E-state index is 10.1. The Kier molecular flexibility index (Phi) is 2.90. The van der Waals surface area contributed by atoms with Crippen LogP contribution in [0.1, 0.15) is 6.92 Å². The minimum absolute atomic E-state index is 0.872. The molecule has 0 saturated carbocycles. The van der Waals surface area contributed by atoms with Gasteiger partial charge in [-0.05, 0) is 0 Å². The van der Waals surface area contributed by atoms with Crippen molar-refractivity contribution in [3.05, 3.63) is 0 Å². The molecular weight excluding hydrogens is 127 g/mol. The van der Waals surface area contributed by atoms with Gasteiger partial charge in [0.1, 0.15) is 0 Å². The Bertz CT molecular complexity index is 130. The molecular formula is C3H5BO5. The van der Waals surface area contributed by atoms with Gasteiger partial charge in [0.2, 0.25) is 5.78 Å². The number of ketones is 1. The molecule has 5 nitrogen and oxygen atoms in total. The fourth-order valence-electron chi connectivity index (χ4n) is 0.179. The van der Waals surface area contributed by atoms with Crippen LogP contribution in [0.25, 0.3) is 0 Å². The molecule has 0 aromatic carbocycles. The van der Waals surface area contributed by atoms with E-state index >= 15 is 0 Å². The third-order valence-electron chi connectivity index (χ3n) is 0.500. The zero-order valence-electron chi connectivity index (χ0n) is 4.70. The lowest BCUT2D eigenvalue weighted by Gasteiger charge is -1.96. The summed E-state index contributed by atoms with van der Waals surface area (Å²) in [6.45, 7) is 0.963. The highest BCUT2D eigenvalue weighted by atomic mass is 16.6. The lowest BCUT2D eigenvalue weighted by Crippen LogP contribution is -2.25. The Balaban J connectivity index is 3.65. The zero-order chi connectivity index (χ0) is 7.44. The third kappa shape index (κ3) is 3.69. The standard InChI is InChI=1S/C3H5BO5/c1-2(5)3(6)9-4(7)8/h7-8H,1H3. The Morgan fingerprint density at radius 2 is 1.89 bits per heavy atom. The van der Waals surface area contributed by atoms with Crippen LogP contribution in [0.15, 0.2) is 0 Å². The first kappa shape index (κ1) is 8.12. The quantitative estimate of drug-likeness (QED) is 0.338. The SMILES string of the molecule is CC(=O)C(=O)OB(O)O. The Morgan fingerprint density at radius 1 is 1.44 bits per heavy atom. The molecule has 0 aromatic rings. The van der Waals surface area contributed by atoms with Crippen LogP contribution in [-0.2, 0) is 14.2 Å². The van der Waals surface area contributed by atoms with Crippen LogP contribution in [0.4, 0.5) is 0 Å². The summed E-state index contributed by atoms with van der Waals surface area (Å²) in [5, 5.41) is 15.9. The van der Waals surface area contributed by atoms with Gasteiger partial charge in [0.25, 0.3) is 0 Å². The largest absolute Gasteiger partial charge is 0.709 e. The fourth-order valence-corrected chi connectivity index (χ4v) is 0.179. The minimum Gasteiger partial charge on any atom is -0.479 e. The predicted octanol–water partition coefficient (Wildman–Crippen LogP) is -1.91. The monoisotopic (exact) mass is 132 g/mol. The Morgan fingerprint density at radius 3 is 2.00 bits per heavy atom. The van der Waals surface area contributed by atoms with Crippen molar-refractivity contribution in [3.63, 3.8) is 0 Å². The molecule has 0 rings (SSSR count). The van der Waals surface area contributed by atoms with Crippen LogP contribution in [-0.4, -0.2) is 29.1 Å². The van der Waals surface area contributed by atoms with Gasteiger partial charge >= 0.3 is 13.3 Å². The number of carbonyl (C=O) groups excluding carboxylic acids is 2. The van der Waals surface area contributed by atoms with Gasteiger partial charge in [-0.2, -0.15) is 0 Å². The first-order valence-corrected chi connectivity index (χ1v) is 2.11. The molecule has 0 heterocycles. The molecule has 6 heteroatoms. The van der Waals surface area contributed by atoms with Gasteiger partial charge in [-0.1, -0.05) is 0 Å². The van der Waals surface area contributed by atoms with Gasteiger partial charge in [0.05, 0.1) is 0 Å². The van der Waals surface area contributed by atoms with Gasteiger partial charge in [-0.3, -0.25) is 4.79 Å². The van der Waals surface area contributed by atoms with E-state index in [-0.39, 0.29) is 0 Å². The van der Waals surface area contributed by atoms with Gasteiger partial charge in [0.15, 0.2) is 0 Å². The van der Waals surface area contributed by atoms with E-state index in [0.29, 0.717) is 0 Å². The molecule has 50 valence electrons. The molecule has 0 aliphatic rings. The first-order valence-electron chi connectivity index (χ1n) is 2.11. The van der Waals surface area contributed by atoms with E-state index in [1.807, 2.05) is 0 Å². The van der Waals surface area contributed by atoms with E-state index in [1.54, 1.807) is 0 Å². The minimum atomic E-state index is -2.21. The van der Waals surface area contributed by atoms with Gasteiger partial charge < -0.3 is 14.7 Å². The first-order chi connectivity index (χ1) is 4.04. The number of hydrogen-bond acceptors (Lipinski definition) is 5. The van der Waals surface area contributed by atoms with Crippen molar-refractivity contribution in [2.75, 3.05) is 0 Å². The summed E-state index contributed by atoms with van der Waals surface area (Å²) >= 11 is 0. The molecule has 9 heavy (non-hydrogen) atoms. The van der Waals surface area contributed by atoms with Crippen LogP contribution >= 0.6 is 0 Å². The molecule has 0 amide bonds. The summed E-state index contributed by atoms with van der Waals surface area (Å²) in [6.07, 6.45) is 0. The second-order valence-electron chi connectivity index (χ2n) is 1.29. The number of carbonyl (C=O) groups is 2. The summed E-state index contributed by atoms with van der Waals surface area (Å²) < 4.78 is 3.63. The van der Waals surface area contributed by atoms with Crippen LogP contribution in [0, 0.1) is 0 Å². The van der Waals surface area contributed by atoms with Crippen LogP contribution in [0.5, 0.6) is 0 Å². The Labute approximate surface area is 51.4 Å². The van der Waals surface area contributed by atoms with E-state index in [4.69, 9.17) is 10.0 Å². The van der Waals surface area contributed by atoms with Crippen LogP contribution < -0.4 is 0 Å². The summed E-state index contributed by atoms with van der Waals surface area (Å²) in [4.78, 5) is 20.0. The average Bonchev–Trinajstić information content (AvgIpc) is 1.63. The van der Waals surface area contributed by atoms with E-state index in [2.05, 4.69) is 4.65 Å². The van der Waals surface area contributed by atoms with Crippen LogP contribution in [0.3, 0.4) is 0 Å². The van der Waals surface area contributed by atoms with Crippen LogP contribution in [0.2, 0.25) is 0 Å². The summed E-state index contributed by atoms with van der Waals surface area (Å²) in [5.74, 6) is -2.13. The van der Waals surface area contributed by atoms with Crippen molar-refractivity contribution in [1.82, 2.24) is 0 Å². The smallest absolute Gasteiger partial charge is 0.479 e. The third-order valence-corrected chi connectivity index (χ3v) is 0.500. The molecule has 0 bridgehead atoms. The fraction of sp³-hybridized carbons (Fsp3) is 0.333. The maximum atomic E-state index is 10.1. The van der Waals surface area contributed by atoms with Gasteiger partial charge in [0, 0.05) is 6.92 Å². The summed E-state index contributed by atoms with van der Waals surface area (Å²) in [6, 6.07) is 0. The maximum Gasteiger partial charge on any atom is 0.709 e. The van der Waals surface area contributed by atoms with Crippen molar-refractivity contribution in [1.29, 1.82) is 0 Å². The molecule has 0 unspecified atom stereocenters. The molecule has 0 aliphatic carbocycles. The van der Waals surface area contributed by atoms with Gasteiger partial charge in [-0.25, -0.2) is 4.79 Å². The number of Topliss-reactive ketones (excluding diaryl/α,β-unsaturated/α-hetero) is 1. The van der Waals surface area contributed by atoms with E-state index in [0.717, 1.165) is 6.92 Å². The van der Waals surface area contributed by atoms with Crippen molar-refractivity contribution in [2.24, 2.45) is 0 Å². The lowest BCUT2D eigenvalue weighted by molar-refractivity contribution is -0.147. The number of rotatable bonds is 2. The number of hydrogen-bond donors (Lipinski definition) is 2. The van der Waals surface area contributed by atoms with E-state index < -0.39 is 19.1 Å². The molecule has 0 saturated heterocycles. The van der Waals surface area contributed by atoms with Crippen molar-refractivity contribution in [2.45, 2.75) is 6.92 Å². The van der Waals surface area contributed by atoms with E-state index in [1.165, 1.54) is 0 Å². The highest BCUT2D eigenvalue weighted by Gasteiger charge is 2.18. The summed E-state index contributed by atoms with van der Waals surface area (Å²) in [7, 11) is -2.21. The Hall–Kier alpha value is -0.875. The highest BCUT2D eigenvalue weighted by molar-refractivity contribution is 6.44. The second kappa shape index (κ2) is 3.21. The molecule has 0 radical (unpaired) electrons. The zero-order valence-corrected chi connectivity index (χ0v) is 4.70. The molecule has 2 N–H and O–H groups in total. The molecule has 0 fully saturated rings. The molecule has 0 spiro atoms.